The maximum atomic E-state index is 13.2. The van der Waals surface area contributed by atoms with Gasteiger partial charge in [-0.05, 0) is 74.5 Å². The first-order valence-electron chi connectivity index (χ1n) is 14.0. The highest BCUT2D eigenvalue weighted by atomic mass is 32.1. The highest BCUT2D eigenvalue weighted by Gasteiger charge is 2.24. The topological polar surface area (TPSA) is 107 Å². The Hall–Kier alpha value is -3.27. The van der Waals surface area contributed by atoms with E-state index in [4.69, 9.17) is 0 Å². The van der Waals surface area contributed by atoms with Crippen LogP contribution in [-0.4, -0.2) is 53.6 Å². The number of hydrogen-bond acceptors (Lipinski definition) is 6. The molecule has 1 aromatic carbocycles. The summed E-state index contributed by atoms with van der Waals surface area (Å²) in [7, 11) is 2.05. The van der Waals surface area contributed by atoms with E-state index in [-0.39, 0.29) is 11.3 Å². The molecule has 3 rings (SSSR count). The van der Waals surface area contributed by atoms with Crippen molar-refractivity contribution in [3.05, 3.63) is 64.3 Å². The average Bonchev–Trinajstić information content (AvgIpc) is 3.28. The van der Waals surface area contributed by atoms with E-state index in [0.29, 0.717) is 34.4 Å². The first-order chi connectivity index (χ1) is 19.0. The minimum atomic E-state index is -1.02. The molecule has 8 nitrogen and oxygen atoms in total. The van der Waals surface area contributed by atoms with Gasteiger partial charge in [-0.15, -0.1) is 11.3 Å². The van der Waals surface area contributed by atoms with E-state index < -0.39 is 11.6 Å². The number of anilines is 2. The lowest BCUT2D eigenvalue weighted by molar-refractivity contribution is 0.0738. The van der Waals surface area contributed by atoms with Crippen LogP contribution in [0.5, 0.6) is 0 Å². The number of amides is 3. The van der Waals surface area contributed by atoms with Crippen LogP contribution in [0.1, 0.15) is 75.0 Å². The molecule has 0 aliphatic carbocycles. The number of aliphatic hydroxyl groups is 1. The Morgan fingerprint density at radius 3 is 2.34 bits per heavy atom. The maximum absolute atomic E-state index is 13.2. The quantitative estimate of drug-likeness (QED) is 0.216. The number of hydrogen-bond donors (Lipinski definition) is 4. The lowest BCUT2D eigenvalue weighted by Gasteiger charge is -2.19. The molecule has 4 N–H and O–H groups in total. The Kier molecular flexibility index (Phi) is 10.3. The molecule has 0 aliphatic rings. The summed E-state index contributed by atoms with van der Waals surface area (Å²) in [5.74, 6) is 0.348. The number of nitrogens with one attached hydrogen (secondary N) is 3. The van der Waals surface area contributed by atoms with Crippen molar-refractivity contribution < 1.29 is 14.7 Å². The van der Waals surface area contributed by atoms with Gasteiger partial charge >= 0.3 is 6.03 Å². The van der Waals surface area contributed by atoms with Gasteiger partial charge in [0.2, 0.25) is 0 Å². The fourth-order valence-electron chi connectivity index (χ4n) is 4.38. The van der Waals surface area contributed by atoms with Crippen LogP contribution in [0.25, 0.3) is 11.1 Å². The van der Waals surface area contributed by atoms with E-state index in [0.717, 1.165) is 34.7 Å². The van der Waals surface area contributed by atoms with Gasteiger partial charge in [0.25, 0.3) is 5.91 Å². The molecule has 0 saturated heterocycles. The van der Waals surface area contributed by atoms with E-state index in [1.54, 1.807) is 26.1 Å². The third kappa shape index (κ3) is 9.11. The van der Waals surface area contributed by atoms with Crippen LogP contribution in [0.15, 0.2) is 42.6 Å². The van der Waals surface area contributed by atoms with E-state index >= 15 is 0 Å². The molecular weight excluding hydrogens is 534 g/mol. The number of likely N-dealkylation sites (N-methyl/N-ethyl adjacent to an activating group) is 1. The van der Waals surface area contributed by atoms with Gasteiger partial charge in [-0.25, -0.2) is 4.79 Å². The van der Waals surface area contributed by atoms with Crippen LogP contribution < -0.4 is 16.0 Å². The summed E-state index contributed by atoms with van der Waals surface area (Å²) < 4.78 is 0. The van der Waals surface area contributed by atoms with Gasteiger partial charge in [-0.1, -0.05) is 46.8 Å². The van der Waals surface area contributed by atoms with Crippen LogP contribution in [0.4, 0.5) is 15.5 Å². The van der Waals surface area contributed by atoms with Crippen molar-refractivity contribution in [2.75, 3.05) is 37.3 Å². The molecule has 2 aromatic heterocycles. The monoisotopic (exact) mass is 579 g/mol. The fraction of sp³-hybridized carbons (Fsp3) is 0.469. The number of nitrogens with zero attached hydrogens (tertiary/aromatic N) is 2. The van der Waals surface area contributed by atoms with Crippen molar-refractivity contribution in [2.45, 2.75) is 66.4 Å². The van der Waals surface area contributed by atoms with E-state index in [1.807, 2.05) is 44.3 Å². The van der Waals surface area contributed by atoms with Crippen molar-refractivity contribution in [3.63, 3.8) is 0 Å². The average molecular weight is 580 g/mol. The van der Waals surface area contributed by atoms with E-state index in [1.165, 1.54) is 11.3 Å². The summed E-state index contributed by atoms with van der Waals surface area (Å²) >= 11 is 1.42. The number of urea groups is 1. The predicted octanol–water partition coefficient (Wildman–Crippen LogP) is 6.61. The number of benzene rings is 1. The van der Waals surface area contributed by atoms with Crippen LogP contribution >= 0.6 is 11.3 Å². The molecule has 2 heterocycles. The molecule has 0 unspecified atom stereocenters. The number of carbonyl (C=O) groups excluding carboxylic acids is 2. The molecule has 0 bridgehead atoms. The molecule has 9 heteroatoms. The summed E-state index contributed by atoms with van der Waals surface area (Å²) in [5, 5.41) is 19.6. The number of carbonyl (C=O) groups is 2. The van der Waals surface area contributed by atoms with Crippen molar-refractivity contribution in [3.8, 4) is 11.1 Å². The van der Waals surface area contributed by atoms with Crippen LogP contribution in [0.3, 0.4) is 0 Å². The Labute approximate surface area is 248 Å². The summed E-state index contributed by atoms with van der Waals surface area (Å²) in [6.07, 6.45) is 1.73. The minimum absolute atomic E-state index is 0.172. The zero-order chi connectivity index (χ0) is 30.5. The van der Waals surface area contributed by atoms with Crippen LogP contribution in [0.2, 0.25) is 0 Å². The van der Waals surface area contributed by atoms with Crippen LogP contribution in [0, 0.1) is 12.8 Å². The lowest BCUT2D eigenvalue weighted by Crippen LogP contribution is -2.34. The standard InChI is InChI=1S/C32H45N5O3S/c1-20(2)19-37(9)15-14-33-28(38)25-17-27(31(4,5)6)41-29(25)36-30(39)35-23-12-10-21(3)24(16-23)22-11-13-26(34-18-22)32(7,8)40/h10-13,16-18,20,40H,14-15,19H2,1-9H3,(H,33,38)(H2,35,36,39). The zero-order valence-corrected chi connectivity index (χ0v) is 26.6. The van der Waals surface area contributed by atoms with Gasteiger partial charge in [0, 0.05) is 42.0 Å². The summed E-state index contributed by atoms with van der Waals surface area (Å²) in [6, 6.07) is 10.8. The second-order valence-electron chi connectivity index (χ2n) is 12.6. The molecule has 3 amide bonds. The van der Waals surface area contributed by atoms with Crippen molar-refractivity contribution in [1.29, 1.82) is 0 Å². The van der Waals surface area contributed by atoms with Gasteiger partial charge in [0.05, 0.1) is 11.3 Å². The number of thiophene rings is 1. The number of aryl methyl sites for hydroxylation is 1. The largest absolute Gasteiger partial charge is 0.384 e. The molecule has 0 spiro atoms. The molecule has 41 heavy (non-hydrogen) atoms. The number of rotatable bonds is 10. The molecule has 0 saturated carbocycles. The third-order valence-electron chi connectivity index (χ3n) is 6.60. The number of pyridine rings is 1. The van der Waals surface area contributed by atoms with Gasteiger partial charge in [-0.2, -0.15) is 0 Å². The minimum Gasteiger partial charge on any atom is -0.384 e. The van der Waals surface area contributed by atoms with Crippen molar-refractivity contribution in [1.82, 2.24) is 15.2 Å². The van der Waals surface area contributed by atoms with Crippen LogP contribution in [-0.2, 0) is 11.0 Å². The van der Waals surface area contributed by atoms with Gasteiger partial charge in [0.15, 0.2) is 0 Å². The highest BCUT2D eigenvalue weighted by Crippen LogP contribution is 2.36. The zero-order valence-electron chi connectivity index (χ0n) is 25.8. The molecule has 0 radical (unpaired) electrons. The molecule has 3 aromatic rings. The number of aromatic nitrogens is 1. The Bertz CT molecular complexity index is 1350. The summed E-state index contributed by atoms with van der Waals surface area (Å²) in [5.41, 5.74) is 3.29. The van der Waals surface area contributed by atoms with E-state index in [9.17, 15) is 14.7 Å². The Morgan fingerprint density at radius 1 is 1.05 bits per heavy atom. The highest BCUT2D eigenvalue weighted by molar-refractivity contribution is 7.16. The van der Waals surface area contributed by atoms with Gasteiger partial charge in [-0.3, -0.25) is 15.1 Å². The predicted molar refractivity (Wildman–Crippen MR) is 170 cm³/mol. The van der Waals surface area contributed by atoms with Crippen molar-refractivity contribution in [2.24, 2.45) is 5.92 Å². The fourth-order valence-corrected chi connectivity index (χ4v) is 5.49. The SMILES string of the molecule is Cc1ccc(NC(=O)Nc2sc(C(C)(C)C)cc2C(=O)NCCN(C)CC(C)C)cc1-c1ccc(C(C)(C)O)nc1. The first kappa shape index (κ1) is 32.2. The first-order valence-corrected chi connectivity index (χ1v) is 14.8. The Balaban J connectivity index is 1.75. The summed E-state index contributed by atoms with van der Waals surface area (Å²) in [4.78, 5) is 33.9. The van der Waals surface area contributed by atoms with Crippen molar-refractivity contribution >= 4 is 34.0 Å². The maximum Gasteiger partial charge on any atom is 0.324 e. The summed E-state index contributed by atoms with van der Waals surface area (Å²) in [6.45, 7) is 18.2. The molecule has 0 fully saturated rings. The second-order valence-corrected chi connectivity index (χ2v) is 13.7. The normalized spacial score (nSPS) is 12.1. The molecule has 222 valence electrons. The Morgan fingerprint density at radius 2 is 1.76 bits per heavy atom. The second kappa shape index (κ2) is 13.1. The molecular formula is C32H45N5O3S. The molecule has 0 aliphatic heterocycles. The third-order valence-corrected chi connectivity index (χ3v) is 8.07. The lowest BCUT2D eigenvalue weighted by atomic mass is 9.94. The van der Waals surface area contributed by atoms with E-state index in [2.05, 4.69) is 60.5 Å². The molecule has 0 atom stereocenters. The van der Waals surface area contributed by atoms with Gasteiger partial charge < -0.3 is 20.6 Å². The smallest absolute Gasteiger partial charge is 0.324 e. The van der Waals surface area contributed by atoms with Gasteiger partial charge in [0.1, 0.15) is 10.6 Å².